The maximum Gasteiger partial charge on any atom is 0.233 e. The molecular formula is C16H17N3O2S2. The number of fused-ring (bicyclic) bond motifs is 1. The minimum absolute atomic E-state index is 0.0391. The number of thiophene rings is 1. The van der Waals surface area contributed by atoms with Gasteiger partial charge in [-0.3, -0.25) is 4.79 Å². The van der Waals surface area contributed by atoms with Crippen molar-refractivity contribution >= 4 is 39.2 Å². The molecule has 3 aromatic rings. The van der Waals surface area contributed by atoms with Crippen LogP contribution in [-0.4, -0.2) is 21.1 Å². The van der Waals surface area contributed by atoms with Gasteiger partial charge in [0.05, 0.1) is 18.1 Å². The molecule has 0 spiro atoms. The average Bonchev–Trinajstić information content (AvgIpc) is 3.14. The number of carbonyl (C=O) groups is 1. The minimum Gasteiger partial charge on any atom is -0.467 e. The maximum absolute atomic E-state index is 12.3. The Morgan fingerprint density at radius 2 is 2.26 bits per heavy atom. The van der Waals surface area contributed by atoms with Gasteiger partial charge in [-0.2, -0.15) is 0 Å². The molecule has 1 amide bonds. The van der Waals surface area contributed by atoms with Gasteiger partial charge < -0.3 is 9.73 Å². The van der Waals surface area contributed by atoms with Gasteiger partial charge in [0.2, 0.25) is 5.91 Å². The number of nitrogens with one attached hydrogen (secondary N) is 1. The zero-order valence-electron chi connectivity index (χ0n) is 13.1. The van der Waals surface area contributed by atoms with Crippen molar-refractivity contribution in [2.75, 3.05) is 0 Å². The van der Waals surface area contributed by atoms with E-state index in [4.69, 9.17) is 4.42 Å². The number of aryl methyl sites for hydroxylation is 2. The molecule has 3 heterocycles. The van der Waals surface area contributed by atoms with Crippen LogP contribution in [0.5, 0.6) is 0 Å². The number of nitrogens with zero attached hydrogens (tertiary/aromatic N) is 2. The highest BCUT2D eigenvalue weighted by Crippen LogP contribution is 2.35. The summed E-state index contributed by atoms with van der Waals surface area (Å²) < 4.78 is 5.22. The zero-order valence-corrected chi connectivity index (χ0v) is 14.8. The summed E-state index contributed by atoms with van der Waals surface area (Å²) >= 11 is 3.12. The quantitative estimate of drug-likeness (QED) is 0.563. The first-order chi connectivity index (χ1) is 11.1. The third kappa shape index (κ3) is 3.40. The van der Waals surface area contributed by atoms with Crippen LogP contribution in [0.4, 0.5) is 0 Å². The Morgan fingerprint density at radius 1 is 1.43 bits per heavy atom. The maximum atomic E-state index is 12.3. The number of hydrogen-bond donors (Lipinski definition) is 1. The van der Waals surface area contributed by atoms with Gasteiger partial charge in [0.15, 0.2) is 0 Å². The molecule has 1 unspecified atom stereocenters. The van der Waals surface area contributed by atoms with Gasteiger partial charge in [0, 0.05) is 10.3 Å². The molecule has 0 aliphatic heterocycles. The van der Waals surface area contributed by atoms with Crippen LogP contribution in [0.1, 0.15) is 23.1 Å². The number of thioether (sulfide) groups is 1. The van der Waals surface area contributed by atoms with E-state index in [-0.39, 0.29) is 11.2 Å². The number of hydrogen-bond acceptors (Lipinski definition) is 6. The lowest BCUT2D eigenvalue weighted by Crippen LogP contribution is -2.30. The molecule has 0 aliphatic carbocycles. The summed E-state index contributed by atoms with van der Waals surface area (Å²) in [5.74, 6) is 0.701. The summed E-state index contributed by atoms with van der Waals surface area (Å²) in [6, 6.07) is 3.64. The van der Waals surface area contributed by atoms with Crippen molar-refractivity contribution in [2.45, 2.75) is 37.6 Å². The molecule has 5 nitrogen and oxygen atoms in total. The van der Waals surface area contributed by atoms with Gasteiger partial charge in [-0.15, -0.1) is 11.3 Å². The highest BCUT2D eigenvalue weighted by molar-refractivity contribution is 8.00. The molecule has 3 aromatic heterocycles. The van der Waals surface area contributed by atoms with Crippen LogP contribution in [0.15, 0.2) is 34.2 Å². The van der Waals surface area contributed by atoms with Gasteiger partial charge in [0.25, 0.3) is 0 Å². The Hall–Kier alpha value is -1.86. The lowest BCUT2D eigenvalue weighted by Gasteiger charge is -2.11. The van der Waals surface area contributed by atoms with Crippen LogP contribution in [0.3, 0.4) is 0 Å². The first-order valence-electron chi connectivity index (χ1n) is 7.23. The Balaban J connectivity index is 1.72. The number of furan rings is 1. The smallest absolute Gasteiger partial charge is 0.233 e. The molecule has 0 radical (unpaired) electrons. The molecule has 0 bridgehead atoms. The summed E-state index contributed by atoms with van der Waals surface area (Å²) in [7, 11) is 0. The fraction of sp³-hybridized carbons (Fsp3) is 0.312. The van der Waals surface area contributed by atoms with Gasteiger partial charge in [-0.05, 0) is 38.5 Å². The Morgan fingerprint density at radius 3 is 3.00 bits per heavy atom. The molecule has 1 N–H and O–H groups in total. The first kappa shape index (κ1) is 16.0. The second-order valence-electron chi connectivity index (χ2n) is 5.20. The third-order valence-corrected chi connectivity index (χ3v) is 5.82. The Labute approximate surface area is 142 Å². The molecule has 0 saturated heterocycles. The van der Waals surface area contributed by atoms with Crippen LogP contribution in [0, 0.1) is 13.8 Å². The lowest BCUT2D eigenvalue weighted by molar-refractivity contribution is -0.120. The molecule has 120 valence electrons. The predicted molar refractivity (Wildman–Crippen MR) is 92.8 cm³/mol. The second kappa shape index (κ2) is 6.72. The zero-order chi connectivity index (χ0) is 16.4. The van der Waals surface area contributed by atoms with Crippen molar-refractivity contribution in [3.05, 3.63) is 40.9 Å². The van der Waals surface area contributed by atoms with E-state index in [0.29, 0.717) is 6.54 Å². The normalized spacial score (nSPS) is 12.5. The number of carbonyl (C=O) groups excluding carboxylic acids is 1. The standard InChI is InChI=1S/C16H17N3O2S2/c1-9-10(2)22-15-13(9)16(19-8-18-15)23-11(3)14(20)17-7-12-5-4-6-21-12/h4-6,8,11H,7H2,1-3H3,(H,17,20). The van der Waals surface area contributed by atoms with E-state index in [9.17, 15) is 4.79 Å². The van der Waals surface area contributed by atoms with Crippen molar-refractivity contribution in [2.24, 2.45) is 0 Å². The molecule has 3 rings (SSSR count). The van der Waals surface area contributed by atoms with Crippen molar-refractivity contribution in [3.8, 4) is 0 Å². The van der Waals surface area contributed by atoms with Crippen molar-refractivity contribution in [1.29, 1.82) is 0 Å². The summed E-state index contributed by atoms with van der Waals surface area (Å²) in [5.41, 5.74) is 1.19. The second-order valence-corrected chi connectivity index (χ2v) is 7.73. The van der Waals surface area contributed by atoms with Crippen LogP contribution in [0.25, 0.3) is 10.2 Å². The molecule has 1 atom stereocenters. The minimum atomic E-state index is -0.248. The van der Waals surface area contributed by atoms with Gasteiger partial charge in [0.1, 0.15) is 21.9 Å². The summed E-state index contributed by atoms with van der Waals surface area (Å²) in [5, 5.41) is 4.55. The van der Waals surface area contributed by atoms with E-state index < -0.39 is 0 Å². The number of amides is 1. The Bertz CT molecular complexity index is 827. The SMILES string of the molecule is Cc1sc2ncnc(SC(C)C(=O)NCc3ccco3)c2c1C. The molecule has 0 aliphatic rings. The fourth-order valence-electron chi connectivity index (χ4n) is 2.19. The summed E-state index contributed by atoms with van der Waals surface area (Å²) in [6.45, 7) is 6.43. The van der Waals surface area contributed by atoms with Crippen molar-refractivity contribution in [1.82, 2.24) is 15.3 Å². The van der Waals surface area contributed by atoms with E-state index >= 15 is 0 Å². The molecule has 7 heteroatoms. The molecule has 0 saturated carbocycles. The molecule has 23 heavy (non-hydrogen) atoms. The topological polar surface area (TPSA) is 68.0 Å². The van der Waals surface area contributed by atoms with Gasteiger partial charge >= 0.3 is 0 Å². The summed E-state index contributed by atoms with van der Waals surface area (Å²) in [4.78, 5) is 23.2. The third-order valence-electron chi connectivity index (χ3n) is 3.61. The number of aromatic nitrogens is 2. The van der Waals surface area contributed by atoms with Gasteiger partial charge in [-0.1, -0.05) is 11.8 Å². The number of rotatable bonds is 5. The lowest BCUT2D eigenvalue weighted by atomic mass is 10.2. The monoisotopic (exact) mass is 347 g/mol. The predicted octanol–water partition coefficient (Wildman–Crippen LogP) is 3.70. The van der Waals surface area contributed by atoms with Crippen LogP contribution in [-0.2, 0) is 11.3 Å². The molecule has 0 aromatic carbocycles. The fourth-order valence-corrected chi connectivity index (χ4v) is 4.25. The van der Waals surface area contributed by atoms with E-state index in [1.807, 2.05) is 13.0 Å². The average molecular weight is 347 g/mol. The van der Waals surface area contributed by atoms with Gasteiger partial charge in [-0.25, -0.2) is 9.97 Å². The first-order valence-corrected chi connectivity index (χ1v) is 8.93. The van der Waals surface area contributed by atoms with E-state index in [1.165, 1.54) is 22.2 Å². The van der Waals surface area contributed by atoms with Crippen LogP contribution >= 0.6 is 23.1 Å². The van der Waals surface area contributed by atoms with E-state index in [2.05, 4.69) is 29.1 Å². The molecular weight excluding hydrogens is 330 g/mol. The van der Waals surface area contributed by atoms with E-state index in [1.54, 1.807) is 30.0 Å². The summed E-state index contributed by atoms with van der Waals surface area (Å²) in [6.07, 6.45) is 3.16. The highest BCUT2D eigenvalue weighted by Gasteiger charge is 2.19. The molecule has 0 fully saturated rings. The van der Waals surface area contributed by atoms with E-state index in [0.717, 1.165) is 21.0 Å². The Kier molecular flexibility index (Phi) is 4.68. The van der Waals surface area contributed by atoms with Crippen molar-refractivity contribution in [3.63, 3.8) is 0 Å². The largest absolute Gasteiger partial charge is 0.467 e. The highest BCUT2D eigenvalue weighted by atomic mass is 32.2. The van der Waals surface area contributed by atoms with Crippen LogP contribution < -0.4 is 5.32 Å². The van der Waals surface area contributed by atoms with Crippen LogP contribution in [0.2, 0.25) is 0 Å². The van der Waals surface area contributed by atoms with Crippen molar-refractivity contribution < 1.29 is 9.21 Å².